The number of ketones is 1. The fourth-order valence-electron chi connectivity index (χ4n) is 3.06. The highest BCUT2D eigenvalue weighted by atomic mass is 32.2. The van der Waals surface area contributed by atoms with Crippen molar-refractivity contribution in [1.82, 2.24) is 4.72 Å². The van der Waals surface area contributed by atoms with Crippen molar-refractivity contribution in [2.45, 2.75) is 38.1 Å². The first-order chi connectivity index (χ1) is 12.7. The van der Waals surface area contributed by atoms with Crippen LogP contribution in [0.4, 0.5) is 5.69 Å². The predicted molar refractivity (Wildman–Crippen MR) is 103 cm³/mol. The topological polar surface area (TPSA) is 83.6 Å². The number of carbonyl (C=O) groups excluding carboxylic acids is 2. The molecule has 0 spiro atoms. The van der Waals surface area contributed by atoms with Crippen LogP contribution >= 0.6 is 0 Å². The molecule has 1 aliphatic heterocycles. The fraction of sp³-hybridized carbons (Fsp3) is 0.300. The molecule has 1 fully saturated rings. The Morgan fingerprint density at radius 1 is 1.07 bits per heavy atom. The maximum absolute atomic E-state index is 12.7. The molecule has 1 atom stereocenters. The highest BCUT2D eigenvalue weighted by molar-refractivity contribution is 7.89. The van der Waals surface area contributed by atoms with E-state index >= 15 is 0 Å². The summed E-state index contributed by atoms with van der Waals surface area (Å²) in [7, 11) is -3.85. The third-order valence-corrected chi connectivity index (χ3v) is 6.36. The van der Waals surface area contributed by atoms with E-state index in [1.165, 1.54) is 31.2 Å². The minimum Gasteiger partial charge on any atom is -0.311 e. The number of nitrogens with zero attached hydrogens (tertiary/aromatic N) is 1. The Labute approximate surface area is 159 Å². The van der Waals surface area contributed by atoms with Crippen LogP contribution in [-0.4, -0.2) is 32.7 Å². The average molecular weight is 386 g/mol. The molecule has 0 aliphatic carbocycles. The van der Waals surface area contributed by atoms with E-state index in [0.29, 0.717) is 18.5 Å². The van der Waals surface area contributed by atoms with Gasteiger partial charge >= 0.3 is 0 Å². The van der Waals surface area contributed by atoms with Gasteiger partial charge in [0.15, 0.2) is 5.78 Å². The average Bonchev–Trinajstić information content (AvgIpc) is 2.97. The van der Waals surface area contributed by atoms with E-state index in [4.69, 9.17) is 0 Å². The van der Waals surface area contributed by atoms with Crippen molar-refractivity contribution in [3.63, 3.8) is 0 Å². The van der Waals surface area contributed by atoms with Crippen LogP contribution in [0.15, 0.2) is 47.4 Å². The summed E-state index contributed by atoms with van der Waals surface area (Å²) in [4.78, 5) is 25.7. The normalized spacial score (nSPS) is 17.4. The molecule has 1 saturated heterocycles. The summed E-state index contributed by atoms with van der Waals surface area (Å²) in [5.74, 6) is -0.399. The molecule has 1 N–H and O–H groups in total. The maximum atomic E-state index is 12.7. The molecule has 7 heteroatoms. The van der Waals surface area contributed by atoms with Crippen LogP contribution in [0.5, 0.6) is 0 Å². The van der Waals surface area contributed by atoms with Crippen LogP contribution in [0.2, 0.25) is 0 Å². The Balaban J connectivity index is 1.76. The van der Waals surface area contributed by atoms with Gasteiger partial charge in [0.05, 0.1) is 4.90 Å². The van der Waals surface area contributed by atoms with Crippen LogP contribution in [0.3, 0.4) is 0 Å². The molecule has 1 amide bonds. The van der Waals surface area contributed by atoms with Crippen LogP contribution in [0.1, 0.15) is 34.8 Å². The molecule has 0 radical (unpaired) electrons. The number of benzene rings is 2. The van der Waals surface area contributed by atoms with E-state index in [-0.39, 0.29) is 16.6 Å². The highest BCUT2D eigenvalue weighted by Gasteiger charge is 2.35. The summed E-state index contributed by atoms with van der Waals surface area (Å²) in [5.41, 5.74) is 3.42. The minimum absolute atomic E-state index is 0.0323. The SMILES string of the molecule is CC(=O)c1ccc(S(=O)(=O)N[C@H]2CCN(c3ccc(C)c(C)c3)C2=O)cc1. The van der Waals surface area contributed by atoms with E-state index in [9.17, 15) is 18.0 Å². The second-order valence-electron chi connectivity index (χ2n) is 6.80. The number of sulfonamides is 1. The zero-order chi connectivity index (χ0) is 19.8. The fourth-order valence-corrected chi connectivity index (χ4v) is 4.29. The third-order valence-electron chi connectivity index (χ3n) is 4.88. The van der Waals surface area contributed by atoms with Gasteiger partial charge in [-0.25, -0.2) is 8.42 Å². The molecule has 6 nitrogen and oxygen atoms in total. The summed E-state index contributed by atoms with van der Waals surface area (Å²) in [6.07, 6.45) is 0.399. The van der Waals surface area contributed by atoms with E-state index in [1.54, 1.807) is 4.90 Å². The monoisotopic (exact) mass is 386 g/mol. The highest BCUT2D eigenvalue weighted by Crippen LogP contribution is 2.25. The van der Waals surface area contributed by atoms with Crippen molar-refractivity contribution in [3.05, 3.63) is 59.2 Å². The lowest BCUT2D eigenvalue weighted by molar-refractivity contribution is -0.118. The zero-order valence-corrected chi connectivity index (χ0v) is 16.3. The van der Waals surface area contributed by atoms with Gasteiger partial charge in [-0.15, -0.1) is 0 Å². The Bertz CT molecular complexity index is 997. The Morgan fingerprint density at radius 3 is 2.33 bits per heavy atom. The van der Waals surface area contributed by atoms with Gasteiger partial charge in [0, 0.05) is 17.8 Å². The maximum Gasteiger partial charge on any atom is 0.245 e. The van der Waals surface area contributed by atoms with Crippen LogP contribution in [0.25, 0.3) is 0 Å². The molecule has 0 saturated carbocycles. The van der Waals surface area contributed by atoms with Gasteiger partial charge in [0.1, 0.15) is 6.04 Å². The summed E-state index contributed by atoms with van der Waals surface area (Å²) >= 11 is 0. The standard InChI is InChI=1S/C20H22N2O4S/c1-13-4-7-17(12-14(13)2)22-11-10-19(20(22)24)21-27(25,26)18-8-5-16(6-9-18)15(3)23/h4-9,12,19,21H,10-11H2,1-3H3/t19-/m0/s1. The second-order valence-corrected chi connectivity index (χ2v) is 8.52. The molecule has 0 unspecified atom stereocenters. The van der Waals surface area contributed by atoms with Crippen molar-refractivity contribution < 1.29 is 18.0 Å². The number of anilines is 1. The van der Waals surface area contributed by atoms with Gasteiger partial charge in [-0.1, -0.05) is 18.2 Å². The smallest absolute Gasteiger partial charge is 0.245 e. The first-order valence-corrected chi connectivity index (χ1v) is 10.2. The van der Waals surface area contributed by atoms with E-state index < -0.39 is 16.1 Å². The van der Waals surface area contributed by atoms with Crippen molar-refractivity contribution in [2.75, 3.05) is 11.4 Å². The number of nitrogens with one attached hydrogen (secondary N) is 1. The Kier molecular flexibility index (Phi) is 5.17. The number of aryl methyl sites for hydroxylation is 2. The van der Waals surface area contributed by atoms with Crippen molar-refractivity contribution in [1.29, 1.82) is 0 Å². The predicted octanol–water partition coefficient (Wildman–Crippen LogP) is 2.59. The number of hydrogen-bond acceptors (Lipinski definition) is 4. The van der Waals surface area contributed by atoms with Gasteiger partial charge in [0.25, 0.3) is 0 Å². The number of Topliss-reactive ketones (excluding diaryl/α,β-unsaturated/α-hetero) is 1. The number of hydrogen-bond donors (Lipinski definition) is 1. The third kappa shape index (κ3) is 3.94. The molecule has 27 heavy (non-hydrogen) atoms. The quantitative estimate of drug-likeness (QED) is 0.801. The molecular weight excluding hydrogens is 364 g/mol. The molecule has 2 aromatic rings. The molecule has 1 heterocycles. The molecular formula is C20H22N2O4S. The summed E-state index contributed by atoms with van der Waals surface area (Å²) < 4.78 is 27.7. The van der Waals surface area contributed by atoms with Crippen molar-refractivity contribution >= 4 is 27.4 Å². The first-order valence-electron chi connectivity index (χ1n) is 8.71. The Morgan fingerprint density at radius 2 is 1.74 bits per heavy atom. The second kappa shape index (κ2) is 7.25. The number of carbonyl (C=O) groups is 2. The summed E-state index contributed by atoms with van der Waals surface area (Å²) in [6, 6.07) is 10.6. The van der Waals surface area contributed by atoms with Crippen molar-refractivity contribution in [3.8, 4) is 0 Å². The van der Waals surface area contributed by atoms with E-state index in [1.807, 2.05) is 32.0 Å². The lowest BCUT2D eigenvalue weighted by Crippen LogP contribution is -2.41. The molecule has 3 rings (SSSR count). The van der Waals surface area contributed by atoms with Gasteiger partial charge in [-0.05, 0) is 62.6 Å². The van der Waals surface area contributed by atoms with Crippen molar-refractivity contribution in [2.24, 2.45) is 0 Å². The van der Waals surface area contributed by atoms with Crippen LogP contribution < -0.4 is 9.62 Å². The summed E-state index contributed by atoms with van der Waals surface area (Å²) in [5, 5.41) is 0. The summed E-state index contributed by atoms with van der Waals surface area (Å²) in [6.45, 7) is 5.85. The molecule has 142 valence electrons. The first kappa shape index (κ1) is 19.3. The van der Waals surface area contributed by atoms with Crippen LogP contribution in [-0.2, 0) is 14.8 Å². The molecule has 0 aromatic heterocycles. The molecule has 1 aliphatic rings. The van der Waals surface area contributed by atoms with E-state index in [0.717, 1.165) is 16.8 Å². The Hall–Kier alpha value is -2.51. The molecule has 2 aromatic carbocycles. The molecule has 0 bridgehead atoms. The van der Waals surface area contributed by atoms with E-state index in [2.05, 4.69) is 4.72 Å². The zero-order valence-electron chi connectivity index (χ0n) is 15.5. The van der Waals surface area contributed by atoms with Gasteiger partial charge in [-0.2, -0.15) is 4.72 Å². The number of amides is 1. The van der Waals surface area contributed by atoms with Crippen LogP contribution in [0, 0.1) is 13.8 Å². The number of rotatable bonds is 5. The minimum atomic E-state index is -3.85. The van der Waals surface area contributed by atoms with Gasteiger partial charge < -0.3 is 4.90 Å². The lowest BCUT2D eigenvalue weighted by Gasteiger charge is -2.18. The van der Waals surface area contributed by atoms with Gasteiger partial charge in [-0.3, -0.25) is 9.59 Å². The van der Waals surface area contributed by atoms with Gasteiger partial charge in [0.2, 0.25) is 15.9 Å². The lowest BCUT2D eigenvalue weighted by atomic mass is 10.1. The largest absolute Gasteiger partial charge is 0.311 e.